The van der Waals surface area contributed by atoms with E-state index in [0.717, 1.165) is 6.07 Å². The molecule has 0 amide bonds. The minimum atomic E-state index is -0.639. The molecule has 2 N–H and O–H groups in total. The van der Waals surface area contributed by atoms with Crippen molar-refractivity contribution < 1.29 is 9.31 Å². The third-order valence-corrected chi connectivity index (χ3v) is 1.63. The van der Waals surface area contributed by atoms with Crippen molar-refractivity contribution >= 4 is 11.8 Å². The van der Waals surface area contributed by atoms with E-state index in [9.17, 15) is 14.5 Å². The summed E-state index contributed by atoms with van der Waals surface area (Å²) in [6.45, 7) is 0.302. The first kappa shape index (κ1) is 10.3. The summed E-state index contributed by atoms with van der Waals surface area (Å²) in [6, 6.07) is 3.48. The van der Waals surface area contributed by atoms with Gasteiger partial charge in [-0.15, -0.1) is 0 Å². The second kappa shape index (κ2) is 4.48. The number of hydrogen-bond donors (Lipinski definition) is 1. The average molecular weight is 196 g/mol. The van der Waals surface area contributed by atoms with Gasteiger partial charge in [0.1, 0.15) is 5.82 Å². The lowest BCUT2D eigenvalue weighted by Gasteiger charge is -1.96. The Morgan fingerprint density at radius 1 is 1.57 bits per heavy atom. The SMILES string of the molecule is NC/C=C/c1ccc([N+](=O)[O-])cc1F. The minimum absolute atomic E-state index is 0.257. The predicted molar refractivity (Wildman–Crippen MR) is 51.1 cm³/mol. The molecule has 0 unspecified atom stereocenters. The molecule has 0 aliphatic heterocycles. The van der Waals surface area contributed by atoms with Crippen LogP contribution in [-0.2, 0) is 0 Å². The number of nitro groups is 1. The van der Waals surface area contributed by atoms with Crippen LogP contribution in [0.5, 0.6) is 0 Å². The molecule has 74 valence electrons. The quantitative estimate of drug-likeness (QED) is 0.591. The highest BCUT2D eigenvalue weighted by molar-refractivity contribution is 5.52. The maximum atomic E-state index is 13.1. The van der Waals surface area contributed by atoms with Gasteiger partial charge >= 0.3 is 0 Å². The van der Waals surface area contributed by atoms with Gasteiger partial charge in [0.2, 0.25) is 0 Å². The summed E-state index contributed by atoms with van der Waals surface area (Å²) in [6.07, 6.45) is 3.06. The lowest BCUT2D eigenvalue weighted by atomic mass is 10.2. The molecule has 1 aromatic carbocycles. The molecular weight excluding hydrogens is 187 g/mol. The molecule has 0 atom stereocenters. The fourth-order valence-corrected chi connectivity index (χ4v) is 0.960. The molecule has 0 heterocycles. The van der Waals surface area contributed by atoms with E-state index in [1.54, 1.807) is 6.08 Å². The van der Waals surface area contributed by atoms with E-state index in [0.29, 0.717) is 12.1 Å². The van der Waals surface area contributed by atoms with E-state index in [4.69, 9.17) is 5.73 Å². The summed E-state index contributed by atoms with van der Waals surface area (Å²) in [5.41, 5.74) is 5.22. The van der Waals surface area contributed by atoms with Crippen LogP contribution in [0.25, 0.3) is 6.08 Å². The van der Waals surface area contributed by atoms with Gasteiger partial charge in [-0.1, -0.05) is 12.2 Å². The number of benzene rings is 1. The molecule has 0 fully saturated rings. The van der Waals surface area contributed by atoms with Gasteiger partial charge in [0.15, 0.2) is 0 Å². The van der Waals surface area contributed by atoms with Crippen molar-refractivity contribution in [1.82, 2.24) is 0 Å². The Labute approximate surface area is 80.0 Å². The van der Waals surface area contributed by atoms with Gasteiger partial charge in [-0.2, -0.15) is 0 Å². The van der Waals surface area contributed by atoms with Gasteiger partial charge < -0.3 is 5.73 Å². The third-order valence-electron chi connectivity index (χ3n) is 1.63. The van der Waals surface area contributed by atoms with E-state index in [1.807, 2.05) is 0 Å². The molecule has 0 aromatic heterocycles. The average Bonchev–Trinajstić information content (AvgIpc) is 2.15. The van der Waals surface area contributed by atoms with Crippen molar-refractivity contribution in [3.05, 3.63) is 45.8 Å². The van der Waals surface area contributed by atoms with Crippen molar-refractivity contribution in [3.63, 3.8) is 0 Å². The van der Waals surface area contributed by atoms with Crippen LogP contribution < -0.4 is 5.73 Å². The molecule has 0 saturated carbocycles. The first-order chi connectivity index (χ1) is 6.65. The Hall–Kier alpha value is -1.75. The zero-order chi connectivity index (χ0) is 10.6. The van der Waals surface area contributed by atoms with E-state index >= 15 is 0 Å². The maximum absolute atomic E-state index is 13.1. The highest BCUT2D eigenvalue weighted by atomic mass is 19.1. The molecule has 0 bridgehead atoms. The summed E-state index contributed by atoms with van der Waals surface area (Å²) in [7, 11) is 0. The Bertz CT molecular complexity index is 377. The molecule has 0 saturated heterocycles. The first-order valence-electron chi connectivity index (χ1n) is 3.95. The monoisotopic (exact) mass is 196 g/mol. The van der Waals surface area contributed by atoms with E-state index in [2.05, 4.69) is 0 Å². The Balaban J connectivity index is 3.01. The van der Waals surface area contributed by atoms with Crippen LogP contribution in [0, 0.1) is 15.9 Å². The van der Waals surface area contributed by atoms with Crippen LogP contribution in [0.2, 0.25) is 0 Å². The largest absolute Gasteiger partial charge is 0.327 e. The van der Waals surface area contributed by atoms with E-state index in [-0.39, 0.29) is 5.69 Å². The number of nitrogens with zero attached hydrogens (tertiary/aromatic N) is 1. The molecule has 0 aliphatic rings. The number of rotatable bonds is 3. The van der Waals surface area contributed by atoms with Crippen molar-refractivity contribution in [2.24, 2.45) is 5.73 Å². The second-order valence-corrected chi connectivity index (χ2v) is 2.60. The Kier molecular flexibility index (Phi) is 3.30. The van der Waals surface area contributed by atoms with Crippen LogP contribution in [0.4, 0.5) is 10.1 Å². The minimum Gasteiger partial charge on any atom is -0.327 e. The summed E-state index contributed by atoms with van der Waals surface area (Å²) in [4.78, 5) is 9.64. The Morgan fingerprint density at radius 3 is 2.79 bits per heavy atom. The van der Waals surface area contributed by atoms with Gasteiger partial charge in [0, 0.05) is 18.2 Å². The van der Waals surface area contributed by atoms with Crippen LogP contribution >= 0.6 is 0 Å². The van der Waals surface area contributed by atoms with Gasteiger partial charge in [-0.25, -0.2) is 4.39 Å². The number of hydrogen-bond acceptors (Lipinski definition) is 3. The molecule has 1 rings (SSSR count). The van der Waals surface area contributed by atoms with Gasteiger partial charge in [0.25, 0.3) is 5.69 Å². The fourth-order valence-electron chi connectivity index (χ4n) is 0.960. The summed E-state index contributed by atoms with van der Waals surface area (Å²) in [5.74, 6) is -0.621. The standard InChI is InChI=1S/C9H9FN2O2/c10-9-6-8(12(13)14)4-3-7(9)2-1-5-11/h1-4,6H,5,11H2/b2-1+. The lowest BCUT2D eigenvalue weighted by Crippen LogP contribution is -1.93. The fraction of sp³-hybridized carbons (Fsp3) is 0.111. The molecule has 0 aliphatic carbocycles. The van der Waals surface area contributed by atoms with E-state index < -0.39 is 10.7 Å². The van der Waals surface area contributed by atoms with Gasteiger partial charge in [0.05, 0.1) is 11.0 Å². The summed E-state index contributed by atoms with van der Waals surface area (Å²) >= 11 is 0. The zero-order valence-corrected chi connectivity index (χ0v) is 7.31. The summed E-state index contributed by atoms with van der Waals surface area (Å²) in [5, 5.41) is 10.3. The van der Waals surface area contributed by atoms with Crippen LogP contribution in [0.15, 0.2) is 24.3 Å². The lowest BCUT2D eigenvalue weighted by molar-refractivity contribution is -0.385. The maximum Gasteiger partial charge on any atom is 0.272 e. The van der Waals surface area contributed by atoms with Crippen molar-refractivity contribution in [2.75, 3.05) is 6.54 Å². The zero-order valence-electron chi connectivity index (χ0n) is 7.31. The van der Waals surface area contributed by atoms with Crippen LogP contribution in [0.3, 0.4) is 0 Å². The molecule has 1 aromatic rings. The highest BCUT2D eigenvalue weighted by Crippen LogP contribution is 2.17. The molecular formula is C9H9FN2O2. The molecule has 14 heavy (non-hydrogen) atoms. The van der Waals surface area contributed by atoms with Crippen molar-refractivity contribution in [2.45, 2.75) is 0 Å². The van der Waals surface area contributed by atoms with Crippen molar-refractivity contribution in [3.8, 4) is 0 Å². The number of nitrogens with two attached hydrogens (primary N) is 1. The number of halogens is 1. The van der Waals surface area contributed by atoms with Crippen LogP contribution in [-0.4, -0.2) is 11.5 Å². The normalized spacial score (nSPS) is 10.7. The van der Waals surface area contributed by atoms with E-state index in [1.165, 1.54) is 18.2 Å². The third kappa shape index (κ3) is 2.37. The molecule has 4 nitrogen and oxygen atoms in total. The van der Waals surface area contributed by atoms with Gasteiger partial charge in [-0.05, 0) is 6.07 Å². The smallest absolute Gasteiger partial charge is 0.272 e. The van der Waals surface area contributed by atoms with Crippen molar-refractivity contribution in [1.29, 1.82) is 0 Å². The molecule has 0 spiro atoms. The Morgan fingerprint density at radius 2 is 2.29 bits per heavy atom. The number of nitro benzene ring substituents is 1. The molecule has 0 radical (unpaired) electrons. The summed E-state index contributed by atoms with van der Waals surface area (Å²) < 4.78 is 13.1. The van der Waals surface area contributed by atoms with Crippen LogP contribution in [0.1, 0.15) is 5.56 Å². The topological polar surface area (TPSA) is 69.2 Å². The highest BCUT2D eigenvalue weighted by Gasteiger charge is 2.08. The number of non-ortho nitro benzene ring substituents is 1. The first-order valence-corrected chi connectivity index (χ1v) is 3.95. The van der Waals surface area contributed by atoms with Gasteiger partial charge in [-0.3, -0.25) is 10.1 Å². The predicted octanol–water partition coefficient (Wildman–Crippen LogP) is 1.71. The molecule has 5 heteroatoms. The second-order valence-electron chi connectivity index (χ2n) is 2.60.